The highest BCUT2D eigenvalue weighted by Gasteiger charge is 2.62. The minimum atomic E-state index is -0.928. The van der Waals surface area contributed by atoms with Gasteiger partial charge in [-0.25, -0.2) is 0 Å². The molecule has 172 valence electrons. The van der Waals surface area contributed by atoms with Crippen LogP contribution in [0.2, 0.25) is 0 Å². The molecular weight excluding hydrogens is 392 g/mol. The molecule has 3 aliphatic rings. The summed E-state index contributed by atoms with van der Waals surface area (Å²) < 4.78 is 16.7. The van der Waals surface area contributed by atoms with Crippen LogP contribution in [0.1, 0.15) is 75.1 Å². The molecule has 0 spiro atoms. The summed E-state index contributed by atoms with van der Waals surface area (Å²) in [5.74, 6) is 2.02. The number of hydrogen-bond acceptors (Lipinski definition) is 5. The first-order valence-corrected chi connectivity index (χ1v) is 11.9. The Morgan fingerprint density at radius 3 is 2.68 bits per heavy atom. The van der Waals surface area contributed by atoms with E-state index >= 15 is 0 Å². The summed E-state index contributed by atoms with van der Waals surface area (Å²) in [6, 6.07) is 2.21. The normalized spacial score (nSPS) is 27.6. The molecule has 2 aliphatic carbocycles. The van der Waals surface area contributed by atoms with Crippen LogP contribution in [0.3, 0.4) is 0 Å². The monoisotopic (exact) mass is 430 g/mol. The van der Waals surface area contributed by atoms with Crippen molar-refractivity contribution in [2.75, 3.05) is 27.7 Å². The van der Waals surface area contributed by atoms with Crippen molar-refractivity contribution in [1.29, 1.82) is 0 Å². The predicted molar refractivity (Wildman–Crippen MR) is 119 cm³/mol. The Morgan fingerprint density at radius 1 is 1.19 bits per heavy atom. The fourth-order valence-electron chi connectivity index (χ4n) is 5.46. The Balaban J connectivity index is 1.56. The van der Waals surface area contributed by atoms with Gasteiger partial charge in [-0.05, 0) is 67.1 Å². The van der Waals surface area contributed by atoms with E-state index in [0.29, 0.717) is 18.3 Å². The number of fused-ring (bicyclic) bond motifs is 1. The van der Waals surface area contributed by atoms with Crippen molar-refractivity contribution in [3.8, 4) is 0 Å². The van der Waals surface area contributed by atoms with E-state index in [-0.39, 0.29) is 25.5 Å². The van der Waals surface area contributed by atoms with Crippen LogP contribution in [0, 0.1) is 11.8 Å². The fourth-order valence-corrected chi connectivity index (χ4v) is 5.46. The average molecular weight is 431 g/mol. The number of rotatable bonds is 12. The molecule has 1 saturated heterocycles. The lowest BCUT2D eigenvalue weighted by molar-refractivity contribution is -0.235. The van der Waals surface area contributed by atoms with E-state index in [2.05, 4.69) is 19.9 Å². The molecular formula is C25H38N2O4. The van der Waals surface area contributed by atoms with Crippen LogP contribution >= 0.6 is 0 Å². The van der Waals surface area contributed by atoms with Gasteiger partial charge in [-0.1, -0.05) is 26.7 Å². The van der Waals surface area contributed by atoms with Crippen LogP contribution in [0.15, 0.2) is 12.3 Å². The number of carbonyl (C=O) groups excluding carboxylic acids is 1. The summed E-state index contributed by atoms with van der Waals surface area (Å²) in [4.78, 5) is 19.9. The lowest BCUT2D eigenvalue weighted by atomic mass is 9.74. The van der Waals surface area contributed by atoms with Crippen LogP contribution in [-0.4, -0.2) is 55.2 Å². The number of nitrogens with zero attached hydrogens (tertiary/aromatic N) is 2. The van der Waals surface area contributed by atoms with Crippen molar-refractivity contribution in [1.82, 2.24) is 9.88 Å². The summed E-state index contributed by atoms with van der Waals surface area (Å²) in [5.41, 5.74) is 2.86. The van der Waals surface area contributed by atoms with Gasteiger partial charge in [-0.15, -0.1) is 0 Å². The third-order valence-corrected chi connectivity index (χ3v) is 7.28. The molecule has 6 nitrogen and oxygen atoms in total. The highest BCUT2D eigenvalue weighted by molar-refractivity contribution is 5.93. The zero-order valence-electron chi connectivity index (χ0n) is 19.6. The van der Waals surface area contributed by atoms with E-state index in [9.17, 15) is 4.79 Å². The largest absolute Gasteiger partial charge is 0.364 e. The lowest BCUT2D eigenvalue weighted by Crippen LogP contribution is -2.76. The Kier molecular flexibility index (Phi) is 6.99. The quantitative estimate of drug-likeness (QED) is 0.370. The third-order valence-electron chi connectivity index (χ3n) is 7.28. The van der Waals surface area contributed by atoms with Gasteiger partial charge in [0.05, 0.1) is 6.04 Å². The molecule has 31 heavy (non-hydrogen) atoms. The van der Waals surface area contributed by atoms with Gasteiger partial charge in [-0.3, -0.25) is 9.78 Å². The Bertz CT molecular complexity index is 779. The summed E-state index contributed by atoms with van der Waals surface area (Å²) in [7, 11) is 3.22. The molecule has 4 rings (SSSR count). The maximum Gasteiger partial charge on any atom is 0.259 e. The number of ether oxygens (including phenoxy) is 3. The zero-order chi connectivity index (χ0) is 22.0. The molecule has 2 heterocycles. The van der Waals surface area contributed by atoms with Gasteiger partial charge >= 0.3 is 0 Å². The Hall–Kier alpha value is -1.50. The Labute approximate surface area is 186 Å². The van der Waals surface area contributed by atoms with Crippen LogP contribution in [0.5, 0.6) is 0 Å². The second kappa shape index (κ2) is 9.55. The standard InChI is InChI=1S/C25H38N2O4/c1-17(2)11-23-25(31-16-30-4,24(28)27(23)15-29-3)13-21-12-22-19(8-7-18-5-6-18)9-10-20(22)14-26-21/h12,14,17-19,23H,5-11,13,15-16H2,1-4H3/t19-,23-,25+/m0/s1. The van der Waals surface area contributed by atoms with E-state index in [1.807, 2.05) is 6.20 Å². The van der Waals surface area contributed by atoms with Crippen LogP contribution in [-0.2, 0) is 31.8 Å². The smallest absolute Gasteiger partial charge is 0.259 e. The van der Waals surface area contributed by atoms with Crippen LogP contribution in [0.25, 0.3) is 0 Å². The van der Waals surface area contributed by atoms with Gasteiger partial charge in [-0.2, -0.15) is 0 Å². The van der Waals surface area contributed by atoms with Crippen molar-refractivity contribution in [2.24, 2.45) is 11.8 Å². The van der Waals surface area contributed by atoms with Crippen molar-refractivity contribution in [3.63, 3.8) is 0 Å². The number of carbonyl (C=O) groups is 1. The fraction of sp³-hybridized carbons (Fsp3) is 0.760. The second-order valence-electron chi connectivity index (χ2n) is 10.1. The van der Waals surface area contributed by atoms with Gasteiger partial charge in [0.1, 0.15) is 13.5 Å². The van der Waals surface area contributed by atoms with E-state index < -0.39 is 5.60 Å². The van der Waals surface area contributed by atoms with Crippen molar-refractivity contribution < 1.29 is 19.0 Å². The van der Waals surface area contributed by atoms with E-state index in [1.54, 1.807) is 19.1 Å². The molecule has 6 heteroatoms. The van der Waals surface area contributed by atoms with Gasteiger partial charge in [0.15, 0.2) is 5.60 Å². The molecule has 1 aromatic rings. The first-order valence-electron chi connectivity index (χ1n) is 11.9. The van der Waals surface area contributed by atoms with Gasteiger partial charge in [0, 0.05) is 32.5 Å². The SMILES string of the molecule is COCO[C@@]1(Cc2cc3c(cn2)CC[C@@H]3CCC2CC2)C(=O)N(COC)[C@H]1CC(C)C. The van der Waals surface area contributed by atoms with Crippen LogP contribution < -0.4 is 0 Å². The average Bonchev–Trinajstić information content (AvgIpc) is 3.51. The van der Waals surface area contributed by atoms with E-state index in [1.165, 1.54) is 43.2 Å². The topological polar surface area (TPSA) is 60.9 Å². The summed E-state index contributed by atoms with van der Waals surface area (Å²) in [6.45, 7) is 4.73. The molecule has 1 aromatic heterocycles. The minimum absolute atomic E-state index is 0.0235. The lowest BCUT2D eigenvalue weighted by Gasteiger charge is -2.55. The van der Waals surface area contributed by atoms with Crippen molar-refractivity contribution in [2.45, 2.75) is 82.8 Å². The molecule has 0 aromatic carbocycles. The van der Waals surface area contributed by atoms with Gasteiger partial charge < -0.3 is 19.1 Å². The summed E-state index contributed by atoms with van der Waals surface area (Å²) in [5, 5.41) is 0. The number of pyridine rings is 1. The first-order chi connectivity index (χ1) is 15.0. The molecule has 1 saturated carbocycles. The highest BCUT2D eigenvalue weighted by atomic mass is 16.7. The molecule has 0 N–H and O–H groups in total. The van der Waals surface area contributed by atoms with Crippen molar-refractivity contribution in [3.05, 3.63) is 29.1 Å². The number of aryl methyl sites for hydroxylation is 1. The zero-order valence-corrected chi connectivity index (χ0v) is 19.6. The highest BCUT2D eigenvalue weighted by Crippen LogP contribution is 2.43. The number of hydrogen-bond donors (Lipinski definition) is 0. The molecule has 0 bridgehead atoms. The van der Waals surface area contributed by atoms with E-state index in [4.69, 9.17) is 19.2 Å². The van der Waals surface area contributed by atoms with Crippen molar-refractivity contribution >= 4 is 5.91 Å². The minimum Gasteiger partial charge on any atom is -0.364 e. The van der Waals surface area contributed by atoms with Gasteiger partial charge in [0.2, 0.25) is 0 Å². The number of methoxy groups -OCH3 is 2. The van der Waals surface area contributed by atoms with Crippen LogP contribution in [0.4, 0.5) is 0 Å². The summed E-state index contributed by atoms with van der Waals surface area (Å²) in [6.07, 6.45) is 11.2. The number of amides is 1. The maximum atomic E-state index is 13.3. The second-order valence-corrected chi connectivity index (χ2v) is 10.1. The molecule has 1 amide bonds. The molecule has 0 unspecified atom stereocenters. The first kappa shape index (κ1) is 22.7. The molecule has 2 fully saturated rings. The van der Waals surface area contributed by atoms with E-state index in [0.717, 1.165) is 24.5 Å². The molecule has 3 atom stereocenters. The molecule has 0 radical (unpaired) electrons. The maximum absolute atomic E-state index is 13.3. The number of β-lactam (4-membered cyclic amide) rings is 1. The Morgan fingerprint density at radius 2 is 2.00 bits per heavy atom. The van der Waals surface area contributed by atoms with Gasteiger partial charge in [0.25, 0.3) is 5.91 Å². The number of likely N-dealkylation sites (tertiary alicyclic amines) is 1. The number of aromatic nitrogens is 1. The summed E-state index contributed by atoms with van der Waals surface area (Å²) >= 11 is 0. The predicted octanol–water partition coefficient (Wildman–Crippen LogP) is 4.06. The molecule has 1 aliphatic heterocycles. The third kappa shape index (κ3) is 4.67.